The maximum absolute atomic E-state index is 13.0. The number of likely N-dealkylation sites (tertiary alicyclic amines) is 1. The Morgan fingerprint density at radius 2 is 2.12 bits per heavy atom. The van der Waals surface area contributed by atoms with Crippen molar-refractivity contribution in [1.82, 2.24) is 10.2 Å². The minimum atomic E-state index is -0.710. The molecule has 24 heavy (non-hydrogen) atoms. The maximum Gasteiger partial charge on any atom is 0.325 e. The quantitative estimate of drug-likeness (QED) is 0.827. The van der Waals surface area contributed by atoms with Gasteiger partial charge in [0.25, 0.3) is 11.8 Å². The van der Waals surface area contributed by atoms with Crippen LogP contribution in [0.15, 0.2) is 24.3 Å². The van der Waals surface area contributed by atoms with E-state index in [9.17, 15) is 18.8 Å². The van der Waals surface area contributed by atoms with Crippen molar-refractivity contribution in [3.63, 3.8) is 0 Å². The van der Waals surface area contributed by atoms with Crippen LogP contribution in [0.2, 0.25) is 0 Å². The number of halogens is 1. The highest BCUT2D eigenvalue weighted by atomic mass is 19.1. The molecule has 6 nitrogen and oxygen atoms in total. The summed E-state index contributed by atoms with van der Waals surface area (Å²) in [5, 5.41) is 2.33. The van der Waals surface area contributed by atoms with Crippen LogP contribution in [0.4, 0.5) is 4.39 Å². The molecule has 0 aromatic heterocycles. The molecule has 0 aliphatic carbocycles. The van der Waals surface area contributed by atoms with Crippen molar-refractivity contribution < 1.29 is 23.5 Å². The lowest BCUT2D eigenvalue weighted by molar-refractivity contribution is -0.152. The Bertz CT molecular complexity index is 620. The topological polar surface area (TPSA) is 75.7 Å². The second kappa shape index (κ2) is 8.42. The zero-order valence-electron chi connectivity index (χ0n) is 13.6. The van der Waals surface area contributed by atoms with Gasteiger partial charge in [-0.15, -0.1) is 0 Å². The van der Waals surface area contributed by atoms with E-state index in [0.717, 1.165) is 25.3 Å². The van der Waals surface area contributed by atoms with Gasteiger partial charge in [-0.25, -0.2) is 4.39 Å². The number of hydrogen-bond acceptors (Lipinski definition) is 4. The van der Waals surface area contributed by atoms with Crippen molar-refractivity contribution in [3.8, 4) is 0 Å². The summed E-state index contributed by atoms with van der Waals surface area (Å²) in [4.78, 5) is 37.1. The fraction of sp³-hybridized carbons (Fsp3) is 0.471. The predicted octanol–water partition coefficient (Wildman–Crippen LogP) is 1.50. The Labute approximate surface area is 140 Å². The lowest BCUT2D eigenvalue weighted by Crippen LogP contribution is -2.44. The van der Waals surface area contributed by atoms with Gasteiger partial charge in [-0.2, -0.15) is 0 Å². The predicted molar refractivity (Wildman–Crippen MR) is 84.7 cm³/mol. The number of benzene rings is 1. The number of piperidine rings is 1. The number of nitrogens with zero attached hydrogens (tertiary/aromatic N) is 1. The van der Waals surface area contributed by atoms with Crippen molar-refractivity contribution in [2.75, 3.05) is 19.7 Å². The molecular weight excluding hydrogens is 315 g/mol. The molecule has 0 unspecified atom stereocenters. The summed E-state index contributed by atoms with van der Waals surface area (Å²) in [7, 11) is 0. The SMILES string of the molecule is C[C@H]1CCCCN1C(=O)COC(=O)CNC(=O)c1cccc(F)c1. The van der Waals surface area contributed by atoms with Crippen LogP contribution in [0.25, 0.3) is 0 Å². The summed E-state index contributed by atoms with van der Waals surface area (Å²) in [6.07, 6.45) is 2.99. The Morgan fingerprint density at radius 1 is 1.33 bits per heavy atom. The summed E-state index contributed by atoms with van der Waals surface area (Å²) in [6, 6.07) is 5.28. The van der Waals surface area contributed by atoms with Gasteiger partial charge in [-0.1, -0.05) is 6.07 Å². The average molecular weight is 336 g/mol. The first-order valence-corrected chi connectivity index (χ1v) is 7.96. The Morgan fingerprint density at radius 3 is 2.83 bits per heavy atom. The summed E-state index contributed by atoms with van der Waals surface area (Å²) in [6.45, 7) is 1.93. The zero-order chi connectivity index (χ0) is 17.5. The second-order valence-electron chi connectivity index (χ2n) is 5.79. The first-order chi connectivity index (χ1) is 11.5. The van der Waals surface area contributed by atoms with E-state index in [1.165, 1.54) is 18.2 Å². The lowest BCUT2D eigenvalue weighted by Gasteiger charge is -2.33. The molecule has 1 aromatic carbocycles. The van der Waals surface area contributed by atoms with Crippen molar-refractivity contribution in [3.05, 3.63) is 35.6 Å². The van der Waals surface area contributed by atoms with E-state index in [-0.39, 0.29) is 30.7 Å². The molecule has 1 fully saturated rings. The fourth-order valence-corrected chi connectivity index (χ4v) is 2.63. The Balaban J connectivity index is 1.73. The van der Waals surface area contributed by atoms with Gasteiger partial charge in [0, 0.05) is 18.2 Å². The van der Waals surface area contributed by atoms with Gasteiger partial charge in [0.05, 0.1) is 0 Å². The van der Waals surface area contributed by atoms with Gasteiger partial charge in [0.2, 0.25) is 0 Å². The minimum Gasteiger partial charge on any atom is -0.454 e. The third-order valence-corrected chi connectivity index (χ3v) is 3.96. The molecule has 1 saturated heterocycles. The number of hydrogen-bond donors (Lipinski definition) is 1. The van der Waals surface area contributed by atoms with E-state index in [2.05, 4.69) is 5.32 Å². The molecule has 1 aromatic rings. The monoisotopic (exact) mass is 336 g/mol. The van der Waals surface area contributed by atoms with Gasteiger partial charge in [-0.3, -0.25) is 14.4 Å². The van der Waals surface area contributed by atoms with Crippen LogP contribution in [0.3, 0.4) is 0 Å². The molecule has 0 spiro atoms. The number of amides is 2. The molecule has 0 radical (unpaired) electrons. The van der Waals surface area contributed by atoms with Gasteiger partial charge < -0.3 is 15.0 Å². The van der Waals surface area contributed by atoms with Crippen molar-refractivity contribution in [1.29, 1.82) is 0 Å². The molecule has 1 aliphatic rings. The number of nitrogens with one attached hydrogen (secondary N) is 1. The summed E-state index contributed by atoms with van der Waals surface area (Å²) >= 11 is 0. The van der Waals surface area contributed by atoms with Crippen LogP contribution in [-0.4, -0.2) is 48.4 Å². The van der Waals surface area contributed by atoms with Crippen molar-refractivity contribution in [2.45, 2.75) is 32.2 Å². The molecule has 1 N–H and O–H groups in total. The van der Waals surface area contributed by atoms with E-state index in [0.29, 0.717) is 6.54 Å². The smallest absolute Gasteiger partial charge is 0.325 e. The van der Waals surface area contributed by atoms with Crippen LogP contribution in [0.1, 0.15) is 36.5 Å². The number of carbonyl (C=O) groups is 3. The third-order valence-electron chi connectivity index (χ3n) is 3.96. The Hall–Kier alpha value is -2.44. The van der Waals surface area contributed by atoms with E-state index < -0.39 is 17.7 Å². The number of rotatable bonds is 5. The number of esters is 1. The van der Waals surface area contributed by atoms with Gasteiger partial charge in [0.1, 0.15) is 12.4 Å². The fourth-order valence-electron chi connectivity index (χ4n) is 2.63. The van der Waals surface area contributed by atoms with Crippen molar-refractivity contribution >= 4 is 17.8 Å². The largest absolute Gasteiger partial charge is 0.454 e. The van der Waals surface area contributed by atoms with Gasteiger partial charge in [-0.05, 0) is 44.4 Å². The highest BCUT2D eigenvalue weighted by Gasteiger charge is 2.23. The molecule has 0 bridgehead atoms. The zero-order valence-corrected chi connectivity index (χ0v) is 13.6. The van der Waals surface area contributed by atoms with Crippen LogP contribution in [-0.2, 0) is 14.3 Å². The number of carbonyl (C=O) groups excluding carboxylic acids is 3. The third kappa shape index (κ3) is 5.04. The van der Waals surface area contributed by atoms with Crippen LogP contribution >= 0.6 is 0 Å². The van der Waals surface area contributed by atoms with Crippen LogP contribution in [0.5, 0.6) is 0 Å². The van der Waals surface area contributed by atoms with E-state index >= 15 is 0 Å². The van der Waals surface area contributed by atoms with E-state index in [4.69, 9.17) is 4.74 Å². The Kier molecular flexibility index (Phi) is 6.28. The normalized spacial score (nSPS) is 17.2. The first-order valence-electron chi connectivity index (χ1n) is 7.96. The molecule has 7 heteroatoms. The minimum absolute atomic E-state index is 0.112. The maximum atomic E-state index is 13.0. The molecule has 2 rings (SSSR count). The van der Waals surface area contributed by atoms with E-state index in [1.54, 1.807) is 4.90 Å². The van der Waals surface area contributed by atoms with Gasteiger partial charge >= 0.3 is 5.97 Å². The average Bonchev–Trinajstić information content (AvgIpc) is 2.58. The van der Waals surface area contributed by atoms with E-state index in [1.807, 2.05) is 6.92 Å². The molecule has 0 saturated carbocycles. The van der Waals surface area contributed by atoms with Gasteiger partial charge in [0.15, 0.2) is 6.61 Å². The van der Waals surface area contributed by atoms with Crippen LogP contribution < -0.4 is 5.32 Å². The molecule has 2 amide bonds. The summed E-state index contributed by atoms with van der Waals surface area (Å²) < 4.78 is 17.9. The molecular formula is C17H21FN2O4. The lowest BCUT2D eigenvalue weighted by atomic mass is 10.0. The molecule has 1 atom stereocenters. The second-order valence-corrected chi connectivity index (χ2v) is 5.79. The summed E-state index contributed by atoms with van der Waals surface area (Å²) in [5.41, 5.74) is 0.112. The standard InChI is InChI=1S/C17H21FN2O4/c1-12-5-2-3-8-20(12)15(21)11-24-16(22)10-19-17(23)13-6-4-7-14(18)9-13/h4,6-7,9,12H,2-3,5,8,10-11H2,1H3,(H,19,23)/t12-/m0/s1. The van der Waals surface area contributed by atoms with Crippen LogP contribution in [0, 0.1) is 5.82 Å². The molecule has 1 heterocycles. The molecule has 130 valence electrons. The summed E-state index contributed by atoms with van der Waals surface area (Å²) in [5.74, 6) is -2.06. The first kappa shape index (κ1) is 17.9. The number of ether oxygens (including phenoxy) is 1. The highest BCUT2D eigenvalue weighted by Crippen LogP contribution is 2.16. The molecule has 1 aliphatic heterocycles. The highest BCUT2D eigenvalue weighted by molar-refractivity contribution is 5.96. The van der Waals surface area contributed by atoms with Crippen molar-refractivity contribution in [2.24, 2.45) is 0 Å².